The molecular weight excluding hydrogens is 456 g/mol. The molecule has 5 rings (SSSR count). The number of hydrogen-bond acceptors (Lipinski definition) is 5. The Kier molecular flexibility index (Phi) is 5.24. The molecule has 2 heterocycles. The number of rotatable bonds is 4. The molecule has 0 aromatic heterocycles. The Bertz CT molecular complexity index is 1220. The first-order chi connectivity index (χ1) is 16.2. The van der Waals surface area contributed by atoms with E-state index in [1.807, 2.05) is 0 Å². The molecule has 3 aromatic carbocycles. The molecule has 34 heavy (non-hydrogen) atoms. The molecule has 0 saturated carbocycles. The maximum absolute atomic E-state index is 13.4. The first kappa shape index (κ1) is 21.9. The smallest absolute Gasteiger partial charge is 0.406 e. The predicted octanol–water partition coefficient (Wildman–Crippen LogP) is 4.78. The number of benzene rings is 3. The summed E-state index contributed by atoms with van der Waals surface area (Å²) in [4.78, 5) is 33.5. The van der Waals surface area contributed by atoms with Gasteiger partial charge in [0.25, 0.3) is 5.91 Å². The van der Waals surface area contributed by atoms with Crippen molar-refractivity contribution in [3.63, 3.8) is 0 Å². The third-order valence-electron chi connectivity index (χ3n) is 5.67. The second-order valence-corrected chi connectivity index (χ2v) is 7.76. The minimum Gasteiger partial charge on any atom is -0.406 e. The number of fused-ring (bicyclic) bond motifs is 1. The zero-order valence-corrected chi connectivity index (χ0v) is 17.3. The lowest BCUT2D eigenvalue weighted by atomic mass is 9.90. The molecule has 2 amide bonds. The Hall–Kier alpha value is -3.92. The molecule has 0 unspecified atom stereocenters. The van der Waals surface area contributed by atoms with Crippen molar-refractivity contribution in [2.24, 2.45) is 5.92 Å². The van der Waals surface area contributed by atoms with Crippen molar-refractivity contribution in [3.05, 3.63) is 90.2 Å². The second-order valence-electron chi connectivity index (χ2n) is 7.76. The van der Waals surface area contributed by atoms with E-state index < -0.39 is 47.8 Å². The van der Waals surface area contributed by atoms with Crippen molar-refractivity contribution < 1.29 is 36.7 Å². The maximum atomic E-state index is 13.4. The summed E-state index contributed by atoms with van der Waals surface area (Å²) in [7, 11) is 0. The van der Waals surface area contributed by atoms with Crippen molar-refractivity contribution in [1.82, 2.24) is 0 Å². The van der Waals surface area contributed by atoms with Crippen LogP contribution < -0.4 is 14.7 Å². The summed E-state index contributed by atoms with van der Waals surface area (Å²) in [6.07, 6.45) is -6.00. The summed E-state index contributed by atoms with van der Waals surface area (Å²) in [5.41, 5.74) is 1.22. The maximum Gasteiger partial charge on any atom is 0.573 e. The molecule has 174 valence electrons. The highest BCUT2D eigenvalue weighted by atomic mass is 19.4. The lowest BCUT2D eigenvalue weighted by molar-refractivity contribution is -0.274. The molecule has 10 heteroatoms. The van der Waals surface area contributed by atoms with Gasteiger partial charge in [0.2, 0.25) is 5.91 Å². The highest BCUT2D eigenvalue weighted by Gasteiger charge is 2.60. The van der Waals surface area contributed by atoms with Crippen LogP contribution in [0.2, 0.25) is 0 Å². The summed E-state index contributed by atoms with van der Waals surface area (Å²) < 4.78 is 55.0. The van der Waals surface area contributed by atoms with Gasteiger partial charge < -0.3 is 4.74 Å². The monoisotopic (exact) mass is 472 g/mol. The van der Waals surface area contributed by atoms with Crippen LogP contribution in [-0.4, -0.2) is 24.3 Å². The number of hydrogen-bond donors (Lipinski definition) is 0. The zero-order valence-electron chi connectivity index (χ0n) is 17.3. The van der Waals surface area contributed by atoms with Gasteiger partial charge in [0.15, 0.2) is 6.10 Å². The van der Waals surface area contributed by atoms with Crippen LogP contribution in [0.3, 0.4) is 0 Å². The van der Waals surface area contributed by atoms with Gasteiger partial charge in [-0.05, 0) is 54.1 Å². The van der Waals surface area contributed by atoms with Gasteiger partial charge >= 0.3 is 6.36 Å². The van der Waals surface area contributed by atoms with E-state index in [4.69, 9.17) is 4.84 Å². The van der Waals surface area contributed by atoms with Gasteiger partial charge in [-0.2, -0.15) is 0 Å². The largest absolute Gasteiger partial charge is 0.573 e. The van der Waals surface area contributed by atoms with Crippen molar-refractivity contribution in [1.29, 1.82) is 0 Å². The van der Waals surface area contributed by atoms with E-state index in [0.717, 1.165) is 29.2 Å². The van der Waals surface area contributed by atoms with Gasteiger partial charge in [0.1, 0.15) is 17.5 Å². The van der Waals surface area contributed by atoms with Crippen LogP contribution in [0.1, 0.15) is 11.6 Å². The molecule has 3 atom stereocenters. The zero-order chi connectivity index (χ0) is 24.0. The molecule has 0 N–H and O–H groups in total. The Balaban J connectivity index is 1.53. The number of hydroxylamine groups is 1. The van der Waals surface area contributed by atoms with E-state index in [1.54, 1.807) is 30.3 Å². The minimum absolute atomic E-state index is 0.202. The first-order valence-corrected chi connectivity index (χ1v) is 10.2. The van der Waals surface area contributed by atoms with Gasteiger partial charge in [-0.15, -0.1) is 13.2 Å². The molecule has 0 radical (unpaired) electrons. The van der Waals surface area contributed by atoms with Crippen molar-refractivity contribution in [2.75, 3.05) is 9.96 Å². The first-order valence-electron chi connectivity index (χ1n) is 10.2. The number of anilines is 2. The van der Waals surface area contributed by atoms with Crippen molar-refractivity contribution in [3.8, 4) is 5.75 Å². The number of amides is 2. The molecule has 2 saturated heterocycles. The van der Waals surface area contributed by atoms with E-state index in [0.29, 0.717) is 11.3 Å². The lowest BCUT2D eigenvalue weighted by Gasteiger charge is -2.28. The van der Waals surface area contributed by atoms with E-state index in [9.17, 15) is 27.2 Å². The fourth-order valence-corrected chi connectivity index (χ4v) is 4.26. The van der Waals surface area contributed by atoms with Gasteiger partial charge in [-0.25, -0.2) is 14.4 Å². The highest BCUT2D eigenvalue weighted by Crippen LogP contribution is 2.47. The van der Waals surface area contributed by atoms with Gasteiger partial charge in [-0.1, -0.05) is 30.3 Å². The van der Waals surface area contributed by atoms with Crippen LogP contribution in [0.25, 0.3) is 0 Å². The van der Waals surface area contributed by atoms with Crippen LogP contribution >= 0.6 is 0 Å². The van der Waals surface area contributed by atoms with E-state index in [-0.39, 0.29) is 5.69 Å². The quantitative estimate of drug-likeness (QED) is 0.404. The number of carbonyl (C=O) groups is 2. The molecule has 0 bridgehead atoms. The Morgan fingerprint density at radius 1 is 0.794 bits per heavy atom. The highest BCUT2D eigenvalue weighted by molar-refractivity contribution is 6.23. The number of para-hydroxylation sites is 1. The minimum atomic E-state index is -4.84. The average molecular weight is 472 g/mol. The lowest BCUT2D eigenvalue weighted by Crippen LogP contribution is -2.37. The van der Waals surface area contributed by atoms with Crippen LogP contribution in [-0.2, 0) is 14.4 Å². The molecular formula is C24H16F4N2O4. The number of ether oxygens (including phenoxy) is 1. The molecule has 0 spiro atoms. The summed E-state index contributed by atoms with van der Waals surface area (Å²) in [5.74, 6) is -3.08. The van der Waals surface area contributed by atoms with Crippen molar-refractivity contribution in [2.45, 2.75) is 18.5 Å². The van der Waals surface area contributed by atoms with Crippen LogP contribution in [0.15, 0.2) is 78.9 Å². The third kappa shape index (κ3) is 3.86. The fraction of sp³-hybridized carbons (Fsp3) is 0.167. The van der Waals surface area contributed by atoms with Crippen LogP contribution in [0, 0.1) is 11.7 Å². The Labute approximate surface area is 190 Å². The van der Waals surface area contributed by atoms with E-state index in [1.165, 1.54) is 29.3 Å². The summed E-state index contributed by atoms with van der Waals surface area (Å²) in [6, 6.07) is 17.9. The number of nitrogens with zero attached hydrogens (tertiary/aromatic N) is 2. The molecule has 3 aromatic rings. The second kappa shape index (κ2) is 8.14. The number of carbonyl (C=O) groups excluding carboxylic acids is 2. The van der Waals surface area contributed by atoms with Gasteiger partial charge in [0, 0.05) is 0 Å². The van der Waals surface area contributed by atoms with E-state index in [2.05, 4.69) is 4.74 Å². The standard InChI is InChI=1S/C24H16F4N2O4/c25-15-8-10-16(11-9-15)29-22(31)19-20(14-6-12-18(13-7-14)33-24(26,27)28)30(34-21(19)23(29)32)17-4-2-1-3-5-17/h1-13,19-21H/t19-,20+,21+/m0/s1. The normalized spacial score (nSPS) is 22.3. The van der Waals surface area contributed by atoms with Crippen LogP contribution in [0.4, 0.5) is 28.9 Å². The van der Waals surface area contributed by atoms with Crippen LogP contribution in [0.5, 0.6) is 5.75 Å². The number of alkyl halides is 3. The molecule has 0 aliphatic carbocycles. The third-order valence-corrected chi connectivity index (χ3v) is 5.67. The summed E-state index contributed by atoms with van der Waals surface area (Å²) >= 11 is 0. The topological polar surface area (TPSA) is 59.1 Å². The molecule has 6 nitrogen and oxygen atoms in total. The molecule has 2 aliphatic rings. The Morgan fingerprint density at radius 2 is 1.44 bits per heavy atom. The molecule has 2 fully saturated rings. The number of halogens is 4. The summed E-state index contributed by atoms with van der Waals surface area (Å²) in [5, 5.41) is 1.42. The fourth-order valence-electron chi connectivity index (χ4n) is 4.26. The number of imide groups is 1. The SMILES string of the molecule is O=C1[C@H]2[C@@H](c3ccc(OC(F)(F)F)cc3)N(c3ccccc3)O[C@H]2C(=O)N1c1ccc(F)cc1. The Morgan fingerprint density at radius 3 is 2.06 bits per heavy atom. The average Bonchev–Trinajstić information content (AvgIpc) is 3.31. The molecule has 2 aliphatic heterocycles. The summed E-state index contributed by atoms with van der Waals surface area (Å²) in [6.45, 7) is 0. The van der Waals surface area contributed by atoms with Gasteiger partial charge in [0.05, 0.1) is 17.4 Å². The van der Waals surface area contributed by atoms with E-state index >= 15 is 0 Å². The van der Waals surface area contributed by atoms with Crippen molar-refractivity contribution >= 4 is 23.2 Å². The predicted molar refractivity (Wildman–Crippen MR) is 112 cm³/mol. The van der Waals surface area contributed by atoms with Gasteiger partial charge in [-0.3, -0.25) is 14.4 Å².